The van der Waals surface area contributed by atoms with Crippen LogP contribution in [-0.4, -0.2) is 9.78 Å². The number of benzene rings is 2. The van der Waals surface area contributed by atoms with E-state index in [0.717, 1.165) is 23.1 Å². The molecule has 0 unspecified atom stereocenters. The third-order valence-corrected chi connectivity index (χ3v) is 3.35. The Morgan fingerprint density at radius 1 is 1.10 bits per heavy atom. The minimum absolute atomic E-state index is 0.244. The first-order chi connectivity index (χ1) is 9.79. The van der Waals surface area contributed by atoms with Crippen LogP contribution in [0.5, 0.6) is 0 Å². The van der Waals surface area contributed by atoms with Crippen molar-refractivity contribution >= 4 is 16.6 Å². The van der Waals surface area contributed by atoms with E-state index in [-0.39, 0.29) is 5.82 Å². The molecule has 0 aliphatic heterocycles. The zero-order chi connectivity index (χ0) is 13.9. The van der Waals surface area contributed by atoms with Crippen LogP contribution in [0.4, 0.5) is 10.1 Å². The number of anilines is 1. The molecule has 0 spiro atoms. The van der Waals surface area contributed by atoms with Gasteiger partial charge in [0.1, 0.15) is 5.82 Å². The van der Waals surface area contributed by atoms with Gasteiger partial charge in [0.25, 0.3) is 0 Å². The molecule has 3 aromatic rings. The van der Waals surface area contributed by atoms with Crippen molar-refractivity contribution in [3.63, 3.8) is 0 Å². The first kappa shape index (κ1) is 12.7. The maximum Gasteiger partial charge on any atom is 0.146 e. The zero-order valence-corrected chi connectivity index (χ0v) is 11.3. The Balaban J connectivity index is 1.90. The van der Waals surface area contributed by atoms with Crippen molar-refractivity contribution in [1.29, 1.82) is 0 Å². The van der Waals surface area contributed by atoms with Crippen LogP contribution in [0.25, 0.3) is 10.9 Å². The highest BCUT2D eigenvalue weighted by Crippen LogP contribution is 2.20. The van der Waals surface area contributed by atoms with Crippen molar-refractivity contribution in [3.05, 3.63) is 60.0 Å². The van der Waals surface area contributed by atoms with E-state index >= 15 is 0 Å². The van der Waals surface area contributed by atoms with Crippen LogP contribution < -0.4 is 5.32 Å². The highest BCUT2D eigenvalue weighted by atomic mass is 19.1. The Bertz CT molecular complexity index is 733. The van der Waals surface area contributed by atoms with E-state index in [1.54, 1.807) is 12.1 Å². The second-order valence-electron chi connectivity index (χ2n) is 4.61. The molecule has 0 aliphatic rings. The summed E-state index contributed by atoms with van der Waals surface area (Å²) in [5.41, 5.74) is 2.55. The monoisotopic (exact) mass is 269 g/mol. The van der Waals surface area contributed by atoms with Crippen LogP contribution in [-0.2, 0) is 13.1 Å². The highest BCUT2D eigenvalue weighted by molar-refractivity contribution is 5.82. The molecule has 20 heavy (non-hydrogen) atoms. The number of para-hydroxylation sites is 2. The second-order valence-corrected chi connectivity index (χ2v) is 4.61. The second kappa shape index (κ2) is 5.33. The predicted molar refractivity (Wildman–Crippen MR) is 79.1 cm³/mol. The van der Waals surface area contributed by atoms with Crippen molar-refractivity contribution < 1.29 is 4.39 Å². The largest absolute Gasteiger partial charge is 0.377 e. The Labute approximate surface area is 117 Å². The van der Waals surface area contributed by atoms with Gasteiger partial charge in [-0.2, -0.15) is 5.10 Å². The molecule has 0 amide bonds. The molecular weight excluding hydrogens is 253 g/mol. The number of aryl methyl sites for hydroxylation is 1. The molecule has 2 aromatic carbocycles. The fourth-order valence-corrected chi connectivity index (χ4v) is 2.35. The van der Waals surface area contributed by atoms with Gasteiger partial charge in [-0.3, -0.25) is 4.68 Å². The van der Waals surface area contributed by atoms with E-state index in [1.807, 2.05) is 28.9 Å². The Hall–Kier alpha value is -2.36. The molecule has 0 saturated carbocycles. The molecule has 1 N–H and O–H groups in total. The molecule has 3 rings (SSSR count). The van der Waals surface area contributed by atoms with E-state index in [4.69, 9.17) is 0 Å². The summed E-state index contributed by atoms with van der Waals surface area (Å²) in [7, 11) is 0. The van der Waals surface area contributed by atoms with Gasteiger partial charge in [0.05, 0.1) is 23.4 Å². The minimum Gasteiger partial charge on any atom is -0.377 e. The predicted octanol–water partition coefficient (Wildman–Crippen LogP) is 3.81. The quantitative estimate of drug-likeness (QED) is 0.780. The molecule has 0 aliphatic carbocycles. The van der Waals surface area contributed by atoms with E-state index in [1.165, 1.54) is 6.07 Å². The summed E-state index contributed by atoms with van der Waals surface area (Å²) in [6.07, 6.45) is 0. The number of nitrogens with one attached hydrogen (secondary N) is 1. The molecule has 0 atom stereocenters. The molecule has 102 valence electrons. The minimum atomic E-state index is -0.244. The summed E-state index contributed by atoms with van der Waals surface area (Å²) < 4.78 is 15.6. The van der Waals surface area contributed by atoms with Crippen molar-refractivity contribution in [3.8, 4) is 0 Å². The summed E-state index contributed by atoms with van der Waals surface area (Å²) >= 11 is 0. The maximum atomic E-state index is 13.6. The van der Waals surface area contributed by atoms with Crippen LogP contribution in [0.1, 0.15) is 12.6 Å². The standard InChI is InChI=1S/C16H16FN3/c1-2-20-16-10-6-3-7-12(16)15(19-20)11-18-14-9-5-4-8-13(14)17/h3-10,18H,2,11H2,1H3. The van der Waals surface area contributed by atoms with Crippen molar-refractivity contribution in [2.24, 2.45) is 0 Å². The lowest BCUT2D eigenvalue weighted by atomic mass is 10.2. The summed E-state index contributed by atoms with van der Waals surface area (Å²) in [6.45, 7) is 3.39. The normalized spacial score (nSPS) is 10.9. The van der Waals surface area contributed by atoms with Gasteiger partial charge >= 0.3 is 0 Å². The third kappa shape index (κ3) is 2.25. The molecule has 4 heteroatoms. The average Bonchev–Trinajstić information content (AvgIpc) is 2.85. The molecule has 3 nitrogen and oxygen atoms in total. The SMILES string of the molecule is CCn1nc(CNc2ccccc2F)c2ccccc21. The lowest BCUT2D eigenvalue weighted by molar-refractivity contribution is 0.629. The number of halogens is 1. The van der Waals surface area contributed by atoms with E-state index in [9.17, 15) is 4.39 Å². The van der Waals surface area contributed by atoms with Crippen LogP contribution in [0, 0.1) is 5.82 Å². The first-order valence-electron chi connectivity index (χ1n) is 6.72. The van der Waals surface area contributed by atoms with E-state index < -0.39 is 0 Å². The van der Waals surface area contributed by atoms with Crippen LogP contribution in [0.2, 0.25) is 0 Å². The van der Waals surface area contributed by atoms with Crippen molar-refractivity contribution in [2.75, 3.05) is 5.32 Å². The van der Waals surface area contributed by atoms with Crippen LogP contribution in [0.15, 0.2) is 48.5 Å². The van der Waals surface area contributed by atoms with Gasteiger partial charge in [-0.15, -0.1) is 0 Å². The molecule has 0 radical (unpaired) electrons. The van der Waals surface area contributed by atoms with Gasteiger partial charge < -0.3 is 5.32 Å². The number of aromatic nitrogens is 2. The summed E-state index contributed by atoms with van der Waals surface area (Å²) in [5, 5.41) is 8.80. The molecule has 0 bridgehead atoms. The number of hydrogen-bond donors (Lipinski definition) is 1. The number of hydrogen-bond acceptors (Lipinski definition) is 2. The average molecular weight is 269 g/mol. The fraction of sp³-hybridized carbons (Fsp3) is 0.188. The number of fused-ring (bicyclic) bond motifs is 1. The van der Waals surface area contributed by atoms with Crippen molar-refractivity contribution in [1.82, 2.24) is 9.78 Å². The fourth-order valence-electron chi connectivity index (χ4n) is 2.35. The molecule has 0 fully saturated rings. The molecule has 1 aromatic heterocycles. The third-order valence-electron chi connectivity index (χ3n) is 3.35. The van der Waals surface area contributed by atoms with Gasteiger partial charge in [0.15, 0.2) is 0 Å². The summed E-state index contributed by atoms with van der Waals surface area (Å²) in [6, 6.07) is 14.8. The Morgan fingerprint density at radius 2 is 1.85 bits per heavy atom. The zero-order valence-electron chi connectivity index (χ0n) is 11.3. The number of rotatable bonds is 4. The molecular formula is C16H16FN3. The van der Waals surface area contributed by atoms with Crippen molar-refractivity contribution in [2.45, 2.75) is 20.0 Å². The number of nitrogens with zero attached hydrogens (tertiary/aromatic N) is 2. The first-order valence-corrected chi connectivity index (χ1v) is 6.72. The van der Waals surface area contributed by atoms with Crippen LogP contribution in [0.3, 0.4) is 0 Å². The lowest BCUT2D eigenvalue weighted by Crippen LogP contribution is -2.03. The highest BCUT2D eigenvalue weighted by Gasteiger charge is 2.09. The van der Waals surface area contributed by atoms with E-state index in [2.05, 4.69) is 23.4 Å². The van der Waals surface area contributed by atoms with E-state index in [0.29, 0.717) is 12.2 Å². The summed E-state index contributed by atoms with van der Waals surface area (Å²) in [5.74, 6) is -0.244. The molecule has 0 saturated heterocycles. The van der Waals surface area contributed by atoms with Gasteiger partial charge in [0.2, 0.25) is 0 Å². The molecule has 1 heterocycles. The smallest absolute Gasteiger partial charge is 0.146 e. The van der Waals surface area contributed by atoms with Gasteiger partial charge in [0, 0.05) is 11.9 Å². The summed E-state index contributed by atoms with van der Waals surface area (Å²) in [4.78, 5) is 0. The maximum absolute atomic E-state index is 13.6. The van der Waals surface area contributed by atoms with Gasteiger partial charge in [-0.1, -0.05) is 30.3 Å². The lowest BCUT2D eigenvalue weighted by Gasteiger charge is -2.05. The topological polar surface area (TPSA) is 29.9 Å². The van der Waals surface area contributed by atoms with Gasteiger partial charge in [-0.05, 0) is 25.1 Å². The van der Waals surface area contributed by atoms with Gasteiger partial charge in [-0.25, -0.2) is 4.39 Å². The van der Waals surface area contributed by atoms with Crippen LogP contribution >= 0.6 is 0 Å². The Morgan fingerprint density at radius 3 is 2.65 bits per heavy atom. The Kier molecular flexibility index (Phi) is 3.37.